The first-order chi connectivity index (χ1) is 9.45. The van der Waals surface area contributed by atoms with Crippen LogP contribution in [0, 0.1) is 11.8 Å². The minimum atomic E-state index is -0.799. The van der Waals surface area contributed by atoms with Crippen LogP contribution in [-0.2, 0) is 4.79 Å². The smallest absolute Gasteiger partial charge is 0.315 e. The summed E-state index contributed by atoms with van der Waals surface area (Å²) in [5.74, 6) is -0.848. The number of urea groups is 1. The van der Waals surface area contributed by atoms with Crippen LogP contribution in [0.5, 0.6) is 0 Å². The second-order valence-electron chi connectivity index (χ2n) is 5.98. The summed E-state index contributed by atoms with van der Waals surface area (Å²) < 4.78 is 0. The molecule has 0 aliphatic heterocycles. The van der Waals surface area contributed by atoms with Gasteiger partial charge in [-0.1, -0.05) is 39.5 Å². The lowest BCUT2D eigenvalue weighted by molar-refractivity contribution is -0.142. The van der Waals surface area contributed by atoms with Gasteiger partial charge in [-0.3, -0.25) is 4.79 Å². The van der Waals surface area contributed by atoms with E-state index < -0.39 is 11.9 Å². The Labute approximate surface area is 121 Å². The maximum absolute atomic E-state index is 12.0. The molecule has 0 aromatic rings. The fraction of sp³-hybridized carbons (Fsp3) is 0.867. The summed E-state index contributed by atoms with van der Waals surface area (Å²) in [6, 6.07) is -0.399. The predicted molar refractivity (Wildman–Crippen MR) is 78.6 cm³/mol. The van der Waals surface area contributed by atoms with Crippen molar-refractivity contribution in [2.24, 2.45) is 11.8 Å². The Hall–Kier alpha value is -1.26. The number of hydrogen-bond acceptors (Lipinski definition) is 2. The highest BCUT2D eigenvalue weighted by molar-refractivity contribution is 5.77. The molecule has 20 heavy (non-hydrogen) atoms. The van der Waals surface area contributed by atoms with Crippen molar-refractivity contribution < 1.29 is 14.7 Å². The SMILES string of the molecule is CCC(C)C(C)NC(=O)NC1CCCCCC1C(=O)O. The van der Waals surface area contributed by atoms with Crippen molar-refractivity contribution in [2.45, 2.75) is 71.4 Å². The molecule has 0 aromatic heterocycles. The second kappa shape index (κ2) is 8.12. The van der Waals surface area contributed by atoms with E-state index in [0.29, 0.717) is 12.3 Å². The van der Waals surface area contributed by atoms with Crippen molar-refractivity contribution in [3.8, 4) is 0 Å². The van der Waals surface area contributed by atoms with Crippen LogP contribution in [-0.4, -0.2) is 29.2 Å². The Morgan fingerprint density at radius 3 is 2.45 bits per heavy atom. The van der Waals surface area contributed by atoms with Gasteiger partial charge in [-0.15, -0.1) is 0 Å². The van der Waals surface area contributed by atoms with Crippen LogP contribution in [0.1, 0.15) is 59.3 Å². The number of carbonyl (C=O) groups is 2. The van der Waals surface area contributed by atoms with Crippen molar-refractivity contribution >= 4 is 12.0 Å². The van der Waals surface area contributed by atoms with Crippen LogP contribution in [0.3, 0.4) is 0 Å². The minimum absolute atomic E-state index is 0.0917. The number of carboxylic acid groups (broad SMARTS) is 1. The molecule has 1 aliphatic rings. The predicted octanol–water partition coefficient (Wildman–Crippen LogP) is 2.75. The Balaban J connectivity index is 2.55. The van der Waals surface area contributed by atoms with Crippen molar-refractivity contribution in [3.63, 3.8) is 0 Å². The van der Waals surface area contributed by atoms with Gasteiger partial charge in [0, 0.05) is 12.1 Å². The largest absolute Gasteiger partial charge is 0.481 e. The highest BCUT2D eigenvalue weighted by Crippen LogP contribution is 2.23. The van der Waals surface area contributed by atoms with E-state index >= 15 is 0 Å². The lowest BCUT2D eigenvalue weighted by atomic mass is 9.95. The van der Waals surface area contributed by atoms with E-state index in [9.17, 15) is 14.7 Å². The Morgan fingerprint density at radius 1 is 1.20 bits per heavy atom. The topological polar surface area (TPSA) is 78.4 Å². The molecule has 0 bridgehead atoms. The van der Waals surface area contributed by atoms with Gasteiger partial charge in [-0.2, -0.15) is 0 Å². The molecule has 1 rings (SSSR count). The molecule has 5 heteroatoms. The van der Waals surface area contributed by atoms with Gasteiger partial charge in [0.2, 0.25) is 0 Å². The normalized spacial score (nSPS) is 26.1. The monoisotopic (exact) mass is 284 g/mol. The van der Waals surface area contributed by atoms with Crippen molar-refractivity contribution in [2.75, 3.05) is 0 Å². The summed E-state index contributed by atoms with van der Waals surface area (Å²) in [4.78, 5) is 23.3. The summed E-state index contributed by atoms with van der Waals surface area (Å²) in [6.45, 7) is 6.17. The Bertz CT molecular complexity index is 333. The van der Waals surface area contributed by atoms with E-state index in [-0.39, 0.29) is 18.1 Å². The molecule has 5 nitrogen and oxygen atoms in total. The fourth-order valence-electron chi connectivity index (χ4n) is 2.69. The van der Waals surface area contributed by atoms with E-state index in [1.807, 2.05) is 6.92 Å². The lowest BCUT2D eigenvalue weighted by Crippen LogP contribution is -2.50. The highest BCUT2D eigenvalue weighted by Gasteiger charge is 2.30. The molecule has 4 unspecified atom stereocenters. The standard InChI is InChI=1S/C15H28N2O3/c1-4-10(2)11(3)16-15(20)17-13-9-7-5-6-8-12(13)14(18)19/h10-13H,4-9H2,1-3H3,(H,18,19)(H2,16,17,20). The van der Waals surface area contributed by atoms with Gasteiger partial charge in [-0.05, 0) is 25.7 Å². The van der Waals surface area contributed by atoms with E-state index in [0.717, 1.165) is 32.1 Å². The zero-order valence-corrected chi connectivity index (χ0v) is 12.8. The Kier molecular flexibility index (Phi) is 6.82. The van der Waals surface area contributed by atoms with Gasteiger partial charge in [0.05, 0.1) is 5.92 Å². The number of amides is 2. The minimum Gasteiger partial charge on any atom is -0.481 e. The maximum Gasteiger partial charge on any atom is 0.315 e. The van der Waals surface area contributed by atoms with Gasteiger partial charge in [0.1, 0.15) is 0 Å². The first kappa shape index (κ1) is 16.8. The average molecular weight is 284 g/mol. The van der Waals surface area contributed by atoms with E-state index in [1.165, 1.54) is 0 Å². The fourth-order valence-corrected chi connectivity index (χ4v) is 2.69. The summed E-state index contributed by atoms with van der Waals surface area (Å²) in [6.07, 6.45) is 5.37. The molecule has 4 atom stereocenters. The average Bonchev–Trinajstić information content (AvgIpc) is 2.62. The maximum atomic E-state index is 12.0. The highest BCUT2D eigenvalue weighted by atomic mass is 16.4. The van der Waals surface area contributed by atoms with Crippen LogP contribution in [0.2, 0.25) is 0 Å². The van der Waals surface area contributed by atoms with E-state index in [2.05, 4.69) is 24.5 Å². The van der Waals surface area contributed by atoms with Crippen molar-refractivity contribution in [3.05, 3.63) is 0 Å². The summed E-state index contributed by atoms with van der Waals surface area (Å²) in [5.41, 5.74) is 0. The van der Waals surface area contributed by atoms with Crippen molar-refractivity contribution in [1.82, 2.24) is 10.6 Å². The van der Waals surface area contributed by atoms with Gasteiger partial charge in [0.15, 0.2) is 0 Å². The number of carbonyl (C=O) groups excluding carboxylic acids is 1. The van der Waals surface area contributed by atoms with Crippen LogP contribution < -0.4 is 10.6 Å². The number of carboxylic acids is 1. The van der Waals surface area contributed by atoms with Gasteiger partial charge in [-0.25, -0.2) is 4.79 Å². The van der Waals surface area contributed by atoms with E-state index in [1.54, 1.807) is 0 Å². The number of aliphatic carboxylic acids is 1. The molecule has 1 aliphatic carbocycles. The zero-order valence-electron chi connectivity index (χ0n) is 12.8. The number of rotatable bonds is 5. The van der Waals surface area contributed by atoms with E-state index in [4.69, 9.17) is 0 Å². The van der Waals surface area contributed by atoms with Gasteiger partial charge >= 0.3 is 12.0 Å². The van der Waals surface area contributed by atoms with Crippen LogP contribution in [0.25, 0.3) is 0 Å². The van der Waals surface area contributed by atoms with Gasteiger partial charge < -0.3 is 15.7 Å². The molecular formula is C15H28N2O3. The zero-order chi connectivity index (χ0) is 15.1. The molecule has 0 radical (unpaired) electrons. The van der Waals surface area contributed by atoms with Crippen molar-refractivity contribution in [1.29, 1.82) is 0 Å². The number of hydrogen-bond donors (Lipinski definition) is 3. The number of nitrogens with one attached hydrogen (secondary N) is 2. The molecule has 0 aromatic carbocycles. The summed E-state index contributed by atoms with van der Waals surface area (Å²) in [7, 11) is 0. The first-order valence-corrected chi connectivity index (χ1v) is 7.75. The Morgan fingerprint density at radius 2 is 1.85 bits per heavy atom. The molecule has 0 saturated heterocycles. The first-order valence-electron chi connectivity index (χ1n) is 7.75. The molecule has 0 heterocycles. The molecule has 2 amide bonds. The molecule has 3 N–H and O–H groups in total. The second-order valence-corrected chi connectivity index (χ2v) is 5.98. The third-order valence-corrected chi connectivity index (χ3v) is 4.51. The molecular weight excluding hydrogens is 256 g/mol. The van der Waals surface area contributed by atoms with Crippen LogP contribution >= 0.6 is 0 Å². The third-order valence-electron chi connectivity index (χ3n) is 4.51. The van der Waals surface area contributed by atoms with Crippen LogP contribution in [0.15, 0.2) is 0 Å². The molecule has 1 fully saturated rings. The van der Waals surface area contributed by atoms with Crippen LogP contribution in [0.4, 0.5) is 4.79 Å². The summed E-state index contributed by atoms with van der Waals surface area (Å²) >= 11 is 0. The third kappa shape index (κ3) is 5.02. The molecule has 1 saturated carbocycles. The van der Waals surface area contributed by atoms with Gasteiger partial charge in [0.25, 0.3) is 0 Å². The quantitative estimate of drug-likeness (QED) is 0.679. The molecule has 0 spiro atoms. The molecule has 116 valence electrons. The lowest BCUT2D eigenvalue weighted by Gasteiger charge is -2.25. The summed E-state index contributed by atoms with van der Waals surface area (Å²) in [5, 5.41) is 15.1.